The number of thiazole rings is 1. The van der Waals surface area contributed by atoms with Gasteiger partial charge in [0.2, 0.25) is 0 Å². The third-order valence-electron chi connectivity index (χ3n) is 2.91. The molecular formula is C14H16ClNS. The van der Waals surface area contributed by atoms with E-state index in [1.807, 2.05) is 6.92 Å². The Kier molecular flexibility index (Phi) is 3.85. The largest absolute Gasteiger partial charge is 0.241 e. The molecule has 0 bridgehead atoms. The Balaban J connectivity index is 2.47. The second-order valence-corrected chi connectivity index (χ2v) is 5.91. The Morgan fingerprint density at radius 3 is 2.59 bits per heavy atom. The number of nitrogens with zero attached hydrogens (tertiary/aromatic N) is 1. The van der Waals surface area contributed by atoms with Crippen LogP contribution in [0, 0.1) is 20.8 Å². The number of benzene rings is 1. The van der Waals surface area contributed by atoms with E-state index in [9.17, 15) is 0 Å². The molecule has 2 aromatic rings. The van der Waals surface area contributed by atoms with Crippen LogP contribution < -0.4 is 0 Å². The number of aromatic nitrogens is 1. The lowest BCUT2D eigenvalue weighted by Gasteiger charge is -2.04. The van der Waals surface area contributed by atoms with E-state index in [0.29, 0.717) is 5.88 Å². The second kappa shape index (κ2) is 5.19. The normalized spacial score (nSPS) is 10.8. The molecule has 0 fully saturated rings. The van der Waals surface area contributed by atoms with Gasteiger partial charge >= 0.3 is 0 Å². The van der Waals surface area contributed by atoms with Gasteiger partial charge in [-0.3, -0.25) is 0 Å². The van der Waals surface area contributed by atoms with Crippen LogP contribution in [0.5, 0.6) is 0 Å². The average Bonchev–Trinajstić information content (AvgIpc) is 2.64. The van der Waals surface area contributed by atoms with Crippen LogP contribution in [0.15, 0.2) is 18.2 Å². The Morgan fingerprint density at radius 2 is 1.94 bits per heavy atom. The third-order valence-corrected chi connectivity index (χ3v) is 4.13. The van der Waals surface area contributed by atoms with E-state index in [-0.39, 0.29) is 0 Å². The maximum atomic E-state index is 5.84. The molecule has 0 aliphatic heterocycles. The van der Waals surface area contributed by atoms with Crippen molar-refractivity contribution in [3.8, 4) is 11.3 Å². The molecule has 2 rings (SSSR count). The van der Waals surface area contributed by atoms with Crippen molar-refractivity contribution in [1.29, 1.82) is 0 Å². The molecule has 0 amide bonds. The van der Waals surface area contributed by atoms with E-state index in [0.717, 1.165) is 17.1 Å². The number of hydrogen-bond acceptors (Lipinski definition) is 2. The van der Waals surface area contributed by atoms with Crippen molar-refractivity contribution in [3.05, 3.63) is 39.2 Å². The number of hydrogen-bond donors (Lipinski definition) is 0. The van der Waals surface area contributed by atoms with Gasteiger partial charge in [0.25, 0.3) is 0 Å². The van der Waals surface area contributed by atoms with E-state index in [4.69, 9.17) is 11.6 Å². The Labute approximate surface area is 111 Å². The summed E-state index contributed by atoms with van der Waals surface area (Å²) in [4.78, 5) is 5.92. The third kappa shape index (κ3) is 2.70. The van der Waals surface area contributed by atoms with Gasteiger partial charge in [0.05, 0.1) is 10.7 Å². The molecule has 0 aliphatic rings. The lowest BCUT2D eigenvalue weighted by atomic mass is 10.0. The number of alkyl halides is 1. The second-order valence-electron chi connectivity index (χ2n) is 4.24. The molecule has 1 aromatic carbocycles. The molecule has 0 radical (unpaired) electrons. The van der Waals surface area contributed by atoms with E-state index in [1.165, 1.54) is 21.6 Å². The van der Waals surface area contributed by atoms with Gasteiger partial charge in [0.15, 0.2) is 0 Å². The molecule has 90 valence electrons. The molecule has 1 heterocycles. The van der Waals surface area contributed by atoms with Crippen LogP contribution in [0.2, 0.25) is 0 Å². The molecule has 0 spiro atoms. The van der Waals surface area contributed by atoms with Crippen molar-refractivity contribution in [2.75, 3.05) is 5.88 Å². The maximum absolute atomic E-state index is 5.84. The minimum absolute atomic E-state index is 0.652. The summed E-state index contributed by atoms with van der Waals surface area (Å²) in [5, 5.41) is 1.11. The average molecular weight is 266 g/mol. The van der Waals surface area contributed by atoms with Gasteiger partial charge < -0.3 is 0 Å². The van der Waals surface area contributed by atoms with Crippen LogP contribution in [0.1, 0.15) is 21.0 Å². The predicted octanol–water partition coefficient (Wildman–Crippen LogP) is 4.52. The number of aryl methyl sites for hydroxylation is 4. The molecule has 3 heteroatoms. The first-order valence-electron chi connectivity index (χ1n) is 5.71. The quantitative estimate of drug-likeness (QED) is 0.744. The lowest BCUT2D eigenvalue weighted by molar-refractivity contribution is 1.17. The van der Waals surface area contributed by atoms with Crippen LogP contribution in [0.25, 0.3) is 11.3 Å². The van der Waals surface area contributed by atoms with Gasteiger partial charge in [0, 0.05) is 16.3 Å². The SMILES string of the molecule is Cc1nc(-c2ccc(C)c(C)c2)c(CCCl)s1. The fraction of sp³-hybridized carbons (Fsp3) is 0.357. The van der Waals surface area contributed by atoms with Crippen LogP contribution in [-0.2, 0) is 6.42 Å². The summed E-state index contributed by atoms with van der Waals surface area (Å²) in [5.41, 5.74) is 4.94. The Morgan fingerprint density at radius 1 is 1.18 bits per heavy atom. The van der Waals surface area contributed by atoms with Crippen LogP contribution in [-0.4, -0.2) is 10.9 Å². The topological polar surface area (TPSA) is 12.9 Å². The molecule has 0 saturated heterocycles. The fourth-order valence-electron chi connectivity index (χ4n) is 1.84. The van der Waals surface area contributed by atoms with Crippen LogP contribution in [0.4, 0.5) is 0 Å². The summed E-state index contributed by atoms with van der Waals surface area (Å²) < 4.78 is 0. The summed E-state index contributed by atoms with van der Waals surface area (Å²) in [5.74, 6) is 0.652. The van der Waals surface area contributed by atoms with Gasteiger partial charge in [-0.15, -0.1) is 22.9 Å². The molecule has 1 aromatic heterocycles. The zero-order chi connectivity index (χ0) is 12.4. The standard InChI is InChI=1S/C14H16ClNS/c1-9-4-5-12(8-10(9)2)14-13(6-7-15)17-11(3)16-14/h4-5,8H,6-7H2,1-3H3. The summed E-state index contributed by atoms with van der Waals surface area (Å²) in [6.07, 6.45) is 0.898. The highest BCUT2D eigenvalue weighted by atomic mass is 35.5. The molecule has 0 saturated carbocycles. The number of halogens is 1. The van der Waals surface area contributed by atoms with Crippen molar-refractivity contribution in [3.63, 3.8) is 0 Å². The number of rotatable bonds is 3. The van der Waals surface area contributed by atoms with Crippen molar-refractivity contribution in [1.82, 2.24) is 4.98 Å². The first kappa shape index (κ1) is 12.6. The van der Waals surface area contributed by atoms with E-state index in [1.54, 1.807) is 11.3 Å². The Hall–Kier alpha value is -0.860. The minimum Gasteiger partial charge on any atom is -0.241 e. The molecule has 0 unspecified atom stereocenters. The van der Waals surface area contributed by atoms with Gasteiger partial charge in [-0.05, 0) is 44.4 Å². The van der Waals surface area contributed by atoms with Gasteiger partial charge in [-0.25, -0.2) is 4.98 Å². The molecule has 1 nitrogen and oxygen atoms in total. The molecular weight excluding hydrogens is 250 g/mol. The smallest absolute Gasteiger partial charge is 0.0904 e. The Bertz CT molecular complexity index is 531. The van der Waals surface area contributed by atoms with Gasteiger partial charge in [-0.2, -0.15) is 0 Å². The first-order chi connectivity index (χ1) is 8.11. The highest BCUT2D eigenvalue weighted by Crippen LogP contribution is 2.29. The molecule has 0 atom stereocenters. The zero-order valence-corrected chi connectivity index (χ0v) is 12.0. The maximum Gasteiger partial charge on any atom is 0.0904 e. The monoisotopic (exact) mass is 265 g/mol. The lowest BCUT2D eigenvalue weighted by Crippen LogP contribution is -1.89. The highest BCUT2D eigenvalue weighted by molar-refractivity contribution is 7.12. The zero-order valence-electron chi connectivity index (χ0n) is 10.4. The van der Waals surface area contributed by atoms with Crippen LogP contribution >= 0.6 is 22.9 Å². The molecule has 0 aliphatic carbocycles. The van der Waals surface area contributed by atoms with E-state index >= 15 is 0 Å². The van der Waals surface area contributed by atoms with E-state index < -0.39 is 0 Å². The van der Waals surface area contributed by atoms with Crippen molar-refractivity contribution < 1.29 is 0 Å². The summed E-state index contributed by atoms with van der Waals surface area (Å²) in [6.45, 7) is 6.32. The fourth-order valence-corrected chi connectivity index (χ4v) is 3.10. The molecule has 17 heavy (non-hydrogen) atoms. The van der Waals surface area contributed by atoms with Crippen LogP contribution in [0.3, 0.4) is 0 Å². The van der Waals surface area contributed by atoms with Gasteiger partial charge in [0.1, 0.15) is 0 Å². The van der Waals surface area contributed by atoms with Crippen molar-refractivity contribution in [2.24, 2.45) is 0 Å². The predicted molar refractivity (Wildman–Crippen MR) is 76.2 cm³/mol. The summed E-state index contributed by atoms with van der Waals surface area (Å²) >= 11 is 7.59. The first-order valence-corrected chi connectivity index (χ1v) is 7.07. The summed E-state index contributed by atoms with van der Waals surface area (Å²) in [7, 11) is 0. The highest BCUT2D eigenvalue weighted by Gasteiger charge is 2.11. The van der Waals surface area contributed by atoms with E-state index in [2.05, 4.69) is 37.0 Å². The molecule has 0 N–H and O–H groups in total. The minimum atomic E-state index is 0.652. The van der Waals surface area contributed by atoms with Crippen molar-refractivity contribution >= 4 is 22.9 Å². The van der Waals surface area contributed by atoms with Gasteiger partial charge in [-0.1, -0.05) is 12.1 Å². The summed E-state index contributed by atoms with van der Waals surface area (Å²) in [6, 6.07) is 6.51. The van der Waals surface area contributed by atoms with Crippen molar-refractivity contribution in [2.45, 2.75) is 27.2 Å².